The molecule has 0 aliphatic carbocycles. The second kappa shape index (κ2) is 9.05. The van der Waals surface area contributed by atoms with Crippen LogP contribution in [0.4, 0.5) is 14.5 Å². The van der Waals surface area contributed by atoms with Gasteiger partial charge in [-0.1, -0.05) is 48.5 Å². The fraction of sp³-hybridized carbons (Fsp3) is 0.136. The molecule has 0 unspecified atom stereocenters. The Hall–Kier alpha value is -3.05. The topological polar surface area (TPSA) is 45.7 Å². The molecule has 0 saturated carbocycles. The third-order valence-corrected chi connectivity index (χ3v) is 4.33. The standard InChI is InChI=1S/C22H20F2N2O/c23-18-10-12-19(13-11-18)26-22(27)21(17-7-2-1-3-8-17)25-15-14-16-6-4-5-9-20(16)24/h1-13,21,25H,14-15H2,(H,26,27)/p+1/t21-/m0/s1. The summed E-state index contributed by atoms with van der Waals surface area (Å²) in [5.41, 5.74) is 2.01. The molecule has 1 amide bonds. The first-order valence-corrected chi connectivity index (χ1v) is 8.81. The maximum atomic E-state index is 13.8. The van der Waals surface area contributed by atoms with E-state index < -0.39 is 6.04 Å². The van der Waals surface area contributed by atoms with Crippen molar-refractivity contribution in [2.24, 2.45) is 0 Å². The first-order valence-electron chi connectivity index (χ1n) is 8.81. The lowest BCUT2D eigenvalue weighted by Gasteiger charge is -2.16. The summed E-state index contributed by atoms with van der Waals surface area (Å²) in [6.07, 6.45) is 0.514. The van der Waals surface area contributed by atoms with Crippen LogP contribution in [-0.2, 0) is 11.2 Å². The average Bonchev–Trinajstić information content (AvgIpc) is 2.69. The molecule has 0 bridgehead atoms. The van der Waals surface area contributed by atoms with E-state index in [-0.39, 0.29) is 17.5 Å². The van der Waals surface area contributed by atoms with E-state index in [1.54, 1.807) is 18.2 Å². The molecule has 3 aromatic carbocycles. The first kappa shape index (κ1) is 18.7. The zero-order valence-electron chi connectivity index (χ0n) is 14.7. The SMILES string of the molecule is O=C(Nc1ccc(F)cc1)[C@@H]([NH2+]CCc1ccccc1F)c1ccccc1. The summed E-state index contributed by atoms with van der Waals surface area (Å²) < 4.78 is 26.9. The van der Waals surface area contributed by atoms with Gasteiger partial charge in [0.1, 0.15) is 11.6 Å². The molecule has 0 saturated heterocycles. The lowest BCUT2D eigenvalue weighted by atomic mass is 10.1. The van der Waals surface area contributed by atoms with E-state index in [0.29, 0.717) is 24.2 Å². The fourth-order valence-corrected chi connectivity index (χ4v) is 2.91. The molecule has 27 heavy (non-hydrogen) atoms. The Balaban J connectivity index is 1.70. The predicted molar refractivity (Wildman–Crippen MR) is 101 cm³/mol. The third-order valence-electron chi connectivity index (χ3n) is 4.33. The van der Waals surface area contributed by atoms with Crippen LogP contribution < -0.4 is 10.6 Å². The lowest BCUT2D eigenvalue weighted by Crippen LogP contribution is -2.87. The van der Waals surface area contributed by atoms with Gasteiger partial charge in [-0.15, -0.1) is 0 Å². The van der Waals surface area contributed by atoms with Crippen LogP contribution in [0.15, 0.2) is 78.9 Å². The van der Waals surface area contributed by atoms with Crippen LogP contribution in [0.2, 0.25) is 0 Å². The molecule has 3 rings (SSSR count). The molecule has 0 aliphatic rings. The Kier molecular flexibility index (Phi) is 6.28. The number of halogens is 2. The smallest absolute Gasteiger partial charge is 0.287 e. The molecule has 5 heteroatoms. The van der Waals surface area contributed by atoms with Crippen molar-refractivity contribution in [1.82, 2.24) is 0 Å². The van der Waals surface area contributed by atoms with E-state index in [9.17, 15) is 13.6 Å². The van der Waals surface area contributed by atoms with Crippen molar-refractivity contribution in [3.63, 3.8) is 0 Å². The minimum atomic E-state index is -0.483. The minimum absolute atomic E-state index is 0.207. The zero-order valence-corrected chi connectivity index (χ0v) is 14.7. The third kappa shape index (κ3) is 5.21. The Morgan fingerprint density at radius 2 is 1.56 bits per heavy atom. The fourth-order valence-electron chi connectivity index (χ4n) is 2.91. The number of amides is 1. The number of hydrogen-bond acceptors (Lipinski definition) is 1. The van der Waals surface area contributed by atoms with Crippen molar-refractivity contribution in [3.05, 3.63) is 102 Å². The summed E-state index contributed by atoms with van der Waals surface area (Å²) in [6.45, 7) is 0.553. The Labute approximate surface area is 157 Å². The van der Waals surface area contributed by atoms with E-state index in [2.05, 4.69) is 5.32 Å². The van der Waals surface area contributed by atoms with Gasteiger partial charge in [-0.05, 0) is 35.9 Å². The van der Waals surface area contributed by atoms with Gasteiger partial charge in [0.2, 0.25) is 0 Å². The van der Waals surface area contributed by atoms with Crippen LogP contribution in [-0.4, -0.2) is 12.5 Å². The number of nitrogens with one attached hydrogen (secondary N) is 1. The van der Waals surface area contributed by atoms with Crippen molar-refractivity contribution in [3.8, 4) is 0 Å². The second-order valence-corrected chi connectivity index (χ2v) is 6.25. The van der Waals surface area contributed by atoms with Gasteiger partial charge in [0.15, 0.2) is 6.04 Å². The van der Waals surface area contributed by atoms with E-state index >= 15 is 0 Å². The number of rotatable bonds is 7. The van der Waals surface area contributed by atoms with E-state index in [4.69, 9.17) is 0 Å². The molecule has 3 aromatic rings. The predicted octanol–water partition coefficient (Wildman–Crippen LogP) is 3.45. The lowest BCUT2D eigenvalue weighted by molar-refractivity contribution is -0.682. The minimum Gasteiger partial charge on any atom is -0.332 e. The molecule has 0 spiro atoms. The molecule has 0 radical (unpaired) electrons. The number of carbonyl (C=O) groups is 1. The highest BCUT2D eigenvalue weighted by Crippen LogP contribution is 2.14. The van der Waals surface area contributed by atoms with Crippen LogP contribution in [0.1, 0.15) is 17.2 Å². The van der Waals surface area contributed by atoms with Gasteiger partial charge < -0.3 is 10.6 Å². The summed E-state index contributed by atoms with van der Waals surface area (Å²) in [6, 6.07) is 21.2. The van der Waals surface area contributed by atoms with Crippen LogP contribution in [0.25, 0.3) is 0 Å². The van der Waals surface area contributed by atoms with Gasteiger partial charge in [0.05, 0.1) is 6.54 Å². The molecule has 1 atom stereocenters. The van der Waals surface area contributed by atoms with Gasteiger partial charge in [-0.3, -0.25) is 4.79 Å². The van der Waals surface area contributed by atoms with Crippen molar-refractivity contribution in [2.75, 3.05) is 11.9 Å². The molecule has 3 nitrogen and oxygen atoms in total. The largest absolute Gasteiger partial charge is 0.332 e. The van der Waals surface area contributed by atoms with E-state index in [0.717, 1.165) is 5.56 Å². The van der Waals surface area contributed by atoms with Gasteiger partial charge >= 0.3 is 0 Å². The number of carbonyl (C=O) groups excluding carboxylic acids is 1. The van der Waals surface area contributed by atoms with Crippen molar-refractivity contribution < 1.29 is 18.9 Å². The number of nitrogens with two attached hydrogens (primary N) is 1. The molecule has 0 fully saturated rings. The highest BCUT2D eigenvalue weighted by atomic mass is 19.1. The summed E-state index contributed by atoms with van der Waals surface area (Å²) >= 11 is 0. The number of quaternary nitrogens is 1. The summed E-state index contributed by atoms with van der Waals surface area (Å²) in [5, 5.41) is 4.71. The van der Waals surface area contributed by atoms with E-state index in [1.165, 1.54) is 30.3 Å². The Morgan fingerprint density at radius 1 is 0.889 bits per heavy atom. The molecule has 3 N–H and O–H groups in total. The van der Waals surface area contributed by atoms with E-state index in [1.807, 2.05) is 35.6 Å². The normalized spacial score (nSPS) is 11.8. The van der Waals surface area contributed by atoms with Gasteiger partial charge in [0.25, 0.3) is 5.91 Å². The Morgan fingerprint density at radius 3 is 2.26 bits per heavy atom. The quantitative estimate of drug-likeness (QED) is 0.660. The van der Waals surface area contributed by atoms with Gasteiger partial charge in [0, 0.05) is 17.7 Å². The second-order valence-electron chi connectivity index (χ2n) is 6.25. The number of anilines is 1. The molecular weight excluding hydrogens is 346 g/mol. The molecular formula is C22H21F2N2O+. The highest BCUT2D eigenvalue weighted by molar-refractivity contribution is 5.94. The van der Waals surface area contributed by atoms with Crippen molar-refractivity contribution in [1.29, 1.82) is 0 Å². The zero-order chi connectivity index (χ0) is 19.1. The summed E-state index contributed by atoms with van der Waals surface area (Å²) in [7, 11) is 0. The number of benzene rings is 3. The van der Waals surface area contributed by atoms with Gasteiger partial charge in [-0.25, -0.2) is 8.78 Å². The van der Waals surface area contributed by atoms with Crippen LogP contribution in [0, 0.1) is 11.6 Å². The summed E-state index contributed by atoms with van der Waals surface area (Å²) in [5.74, 6) is -0.802. The highest BCUT2D eigenvalue weighted by Gasteiger charge is 2.24. The molecule has 0 heterocycles. The number of hydrogen-bond donors (Lipinski definition) is 2. The first-order chi connectivity index (χ1) is 13.1. The van der Waals surface area contributed by atoms with Crippen molar-refractivity contribution in [2.45, 2.75) is 12.5 Å². The van der Waals surface area contributed by atoms with Crippen LogP contribution >= 0.6 is 0 Å². The monoisotopic (exact) mass is 367 g/mol. The van der Waals surface area contributed by atoms with Crippen LogP contribution in [0.3, 0.4) is 0 Å². The van der Waals surface area contributed by atoms with Gasteiger partial charge in [-0.2, -0.15) is 0 Å². The van der Waals surface area contributed by atoms with Crippen LogP contribution in [0.5, 0.6) is 0 Å². The molecule has 0 aromatic heterocycles. The molecule has 138 valence electrons. The maximum Gasteiger partial charge on any atom is 0.287 e. The van der Waals surface area contributed by atoms with Crippen molar-refractivity contribution >= 4 is 11.6 Å². The average molecular weight is 367 g/mol. The Bertz CT molecular complexity index is 882. The maximum absolute atomic E-state index is 13.8. The molecule has 0 aliphatic heterocycles. The summed E-state index contributed by atoms with van der Waals surface area (Å²) in [4.78, 5) is 12.8.